The molecule has 0 N–H and O–H groups in total. The van der Waals surface area contributed by atoms with Crippen molar-refractivity contribution in [3.8, 4) is 0 Å². The number of hydrogen-bond acceptors (Lipinski definition) is 6. The van der Waals surface area contributed by atoms with E-state index in [1.54, 1.807) is 17.7 Å². The monoisotopic (exact) mass is 322 g/mol. The number of aromatic nitrogens is 2. The fourth-order valence-corrected chi connectivity index (χ4v) is 4.86. The summed E-state index contributed by atoms with van der Waals surface area (Å²) in [6, 6.07) is 0. The summed E-state index contributed by atoms with van der Waals surface area (Å²) >= 11 is 3.26. The quantitative estimate of drug-likeness (QED) is 0.489. The number of ether oxygens (including phenoxy) is 1. The van der Waals surface area contributed by atoms with Crippen molar-refractivity contribution >= 4 is 39.3 Å². The van der Waals surface area contributed by atoms with Crippen molar-refractivity contribution in [3.05, 3.63) is 16.8 Å². The second kappa shape index (κ2) is 6.32. The Morgan fingerprint density at radius 2 is 2.24 bits per heavy atom. The van der Waals surface area contributed by atoms with Crippen LogP contribution in [0.2, 0.25) is 0 Å². The second-order valence-electron chi connectivity index (χ2n) is 5.08. The molecule has 0 radical (unpaired) electrons. The maximum atomic E-state index is 11.8. The van der Waals surface area contributed by atoms with Gasteiger partial charge in [0.2, 0.25) is 0 Å². The number of hydrogen-bond donors (Lipinski definition) is 0. The molecule has 3 rings (SSSR count). The molecule has 2 aromatic rings. The number of fused-ring (bicyclic) bond motifs is 3. The summed E-state index contributed by atoms with van der Waals surface area (Å²) in [5.41, 5.74) is 1.40. The zero-order valence-electron chi connectivity index (χ0n) is 12.2. The van der Waals surface area contributed by atoms with Crippen molar-refractivity contribution < 1.29 is 9.53 Å². The molecule has 0 aromatic carbocycles. The number of rotatable bonds is 4. The molecule has 0 fully saturated rings. The summed E-state index contributed by atoms with van der Waals surface area (Å²) in [5.74, 6) is -0.182. The van der Waals surface area contributed by atoms with E-state index in [2.05, 4.69) is 9.97 Å². The smallest absolute Gasteiger partial charge is 0.319 e. The Balaban J connectivity index is 1.95. The van der Waals surface area contributed by atoms with Gasteiger partial charge >= 0.3 is 5.97 Å². The Labute approximate surface area is 132 Å². The number of carbonyl (C=O) groups excluding carboxylic acids is 1. The molecule has 0 amide bonds. The van der Waals surface area contributed by atoms with Crippen molar-refractivity contribution in [3.63, 3.8) is 0 Å². The average Bonchev–Trinajstić information content (AvgIpc) is 2.87. The van der Waals surface area contributed by atoms with Crippen LogP contribution in [-0.4, -0.2) is 27.8 Å². The Bertz CT molecular complexity index is 669. The third-order valence-corrected chi connectivity index (χ3v) is 5.90. The molecule has 1 aliphatic carbocycles. The van der Waals surface area contributed by atoms with E-state index in [1.807, 2.05) is 13.8 Å². The number of thiophene rings is 1. The van der Waals surface area contributed by atoms with Gasteiger partial charge in [-0.15, -0.1) is 11.3 Å². The zero-order chi connectivity index (χ0) is 14.8. The largest absolute Gasteiger partial charge is 0.465 e. The Hall–Kier alpha value is -1.14. The first-order chi connectivity index (χ1) is 10.2. The molecular weight excluding hydrogens is 304 g/mol. The summed E-state index contributed by atoms with van der Waals surface area (Å²) in [6.45, 7) is 4.11. The van der Waals surface area contributed by atoms with Crippen LogP contribution in [0.5, 0.6) is 0 Å². The Morgan fingerprint density at radius 3 is 3.05 bits per heavy atom. The number of esters is 1. The Kier molecular flexibility index (Phi) is 4.45. The van der Waals surface area contributed by atoms with Crippen molar-refractivity contribution in [2.75, 3.05) is 6.61 Å². The van der Waals surface area contributed by atoms with Crippen molar-refractivity contribution in [2.24, 2.45) is 0 Å². The molecule has 1 aliphatic rings. The van der Waals surface area contributed by atoms with Gasteiger partial charge in [0.25, 0.3) is 0 Å². The summed E-state index contributed by atoms with van der Waals surface area (Å²) in [5, 5.41) is 1.83. The van der Waals surface area contributed by atoms with E-state index < -0.39 is 0 Å². The molecule has 2 heterocycles. The summed E-state index contributed by atoms with van der Waals surface area (Å²) in [6.07, 6.45) is 6.34. The van der Waals surface area contributed by atoms with Crippen LogP contribution in [0.25, 0.3) is 10.2 Å². The predicted molar refractivity (Wildman–Crippen MR) is 86.0 cm³/mol. The van der Waals surface area contributed by atoms with Crippen molar-refractivity contribution in [2.45, 2.75) is 49.8 Å². The standard InChI is InChI=1S/C15H18N2O2S2/c1-3-19-15(18)9(2)20-13-12-10-6-4-5-7-11(10)21-14(12)17-8-16-13/h8-9H,3-7H2,1-2H3/t9-/m0/s1. The maximum absolute atomic E-state index is 11.8. The van der Waals surface area contributed by atoms with Crippen molar-refractivity contribution in [1.82, 2.24) is 9.97 Å². The lowest BCUT2D eigenvalue weighted by molar-refractivity contribution is -0.142. The second-order valence-corrected chi connectivity index (χ2v) is 7.50. The minimum absolute atomic E-state index is 0.182. The van der Waals surface area contributed by atoms with Crippen LogP contribution in [0, 0.1) is 0 Å². The van der Waals surface area contributed by atoms with Crippen LogP contribution >= 0.6 is 23.1 Å². The van der Waals surface area contributed by atoms with E-state index in [0.717, 1.165) is 22.7 Å². The lowest BCUT2D eigenvalue weighted by Crippen LogP contribution is -2.16. The molecule has 0 aliphatic heterocycles. The van der Waals surface area contributed by atoms with Gasteiger partial charge in [0.1, 0.15) is 21.4 Å². The van der Waals surface area contributed by atoms with E-state index in [4.69, 9.17) is 4.74 Å². The number of thioether (sulfide) groups is 1. The highest BCUT2D eigenvalue weighted by molar-refractivity contribution is 8.00. The highest BCUT2D eigenvalue weighted by Gasteiger charge is 2.23. The molecule has 112 valence electrons. The zero-order valence-corrected chi connectivity index (χ0v) is 13.9. The van der Waals surface area contributed by atoms with Gasteiger partial charge in [-0.1, -0.05) is 11.8 Å². The van der Waals surface area contributed by atoms with Crippen LogP contribution in [0.4, 0.5) is 0 Å². The van der Waals surface area contributed by atoms with Gasteiger partial charge in [-0.3, -0.25) is 4.79 Å². The normalized spacial score (nSPS) is 15.7. The van der Waals surface area contributed by atoms with Gasteiger partial charge in [0.15, 0.2) is 0 Å². The summed E-state index contributed by atoms with van der Waals surface area (Å²) < 4.78 is 5.08. The molecule has 0 saturated carbocycles. The number of nitrogens with zero attached hydrogens (tertiary/aromatic N) is 2. The highest BCUT2D eigenvalue weighted by Crippen LogP contribution is 2.40. The van der Waals surface area contributed by atoms with Gasteiger partial charge < -0.3 is 4.74 Å². The van der Waals surface area contributed by atoms with E-state index in [-0.39, 0.29) is 11.2 Å². The van der Waals surface area contributed by atoms with E-state index in [9.17, 15) is 4.79 Å². The first-order valence-electron chi connectivity index (χ1n) is 7.29. The minimum atomic E-state index is -0.248. The van der Waals surface area contributed by atoms with Gasteiger partial charge in [-0.25, -0.2) is 9.97 Å². The molecule has 0 bridgehead atoms. The first-order valence-corrected chi connectivity index (χ1v) is 8.98. The number of carbonyl (C=O) groups is 1. The SMILES string of the molecule is CCOC(=O)[C@H](C)Sc1ncnc2sc3c(c12)CCCC3. The van der Waals surface area contributed by atoms with Crippen molar-refractivity contribution in [1.29, 1.82) is 0 Å². The third-order valence-electron chi connectivity index (χ3n) is 3.62. The average molecular weight is 322 g/mol. The maximum Gasteiger partial charge on any atom is 0.319 e. The number of aryl methyl sites for hydroxylation is 2. The topological polar surface area (TPSA) is 52.1 Å². The van der Waals surface area contributed by atoms with Crippen LogP contribution in [-0.2, 0) is 22.4 Å². The molecule has 0 unspecified atom stereocenters. The summed E-state index contributed by atoms with van der Waals surface area (Å²) in [7, 11) is 0. The summed E-state index contributed by atoms with van der Waals surface area (Å²) in [4.78, 5) is 23.2. The third kappa shape index (κ3) is 2.92. The molecule has 0 saturated heterocycles. The molecule has 2 aromatic heterocycles. The minimum Gasteiger partial charge on any atom is -0.465 e. The van der Waals surface area contributed by atoms with E-state index in [0.29, 0.717) is 6.61 Å². The van der Waals surface area contributed by atoms with E-state index in [1.165, 1.54) is 40.4 Å². The van der Waals surface area contributed by atoms with Gasteiger partial charge in [-0.2, -0.15) is 0 Å². The van der Waals surface area contributed by atoms with Crippen LogP contribution in [0.15, 0.2) is 11.4 Å². The van der Waals surface area contributed by atoms with Crippen LogP contribution in [0.3, 0.4) is 0 Å². The van der Waals surface area contributed by atoms with Gasteiger partial charge in [0.05, 0.1) is 6.61 Å². The predicted octanol–water partition coefficient (Wildman–Crippen LogP) is 3.61. The van der Waals surface area contributed by atoms with E-state index >= 15 is 0 Å². The molecule has 21 heavy (non-hydrogen) atoms. The van der Waals surface area contributed by atoms with Gasteiger partial charge in [-0.05, 0) is 45.1 Å². The van der Waals surface area contributed by atoms with Crippen LogP contribution in [0.1, 0.15) is 37.1 Å². The van der Waals surface area contributed by atoms with Gasteiger partial charge in [0, 0.05) is 10.3 Å². The molecule has 1 atom stereocenters. The molecular formula is C15H18N2O2S2. The molecule has 0 spiro atoms. The molecule has 6 heteroatoms. The first kappa shape index (κ1) is 14.8. The lowest BCUT2D eigenvalue weighted by Gasteiger charge is -2.13. The van der Waals surface area contributed by atoms with Crippen LogP contribution < -0.4 is 0 Å². The molecule has 4 nitrogen and oxygen atoms in total. The fourth-order valence-electron chi connectivity index (χ4n) is 2.63. The Morgan fingerprint density at radius 1 is 1.43 bits per heavy atom. The highest BCUT2D eigenvalue weighted by atomic mass is 32.2. The fraction of sp³-hybridized carbons (Fsp3) is 0.533. The lowest BCUT2D eigenvalue weighted by atomic mass is 9.97.